The highest BCUT2D eigenvalue weighted by Crippen LogP contribution is 2.28. The Morgan fingerprint density at radius 1 is 1.17 bits per heavy atom. The van der Waals surface area contributed by atoms with Gasteiger partial charge in [-0.1, -0.05) is 6.92 Å². The van der Waals surface area contributed by atoms with E-state index in [0.29, 0.717) is 50.4 Å². The van der Waals surface area contributed by atoms with Crippen LogP contribution in [0.25, 0.3) is 0 Å². The molecule has 2 aliphatic heterocycles. The summed E-state index contributed by atoms with van der Waals surface area (Å²) in [5.74, 6) is -0.0663. The molecule has 2 heterocycles. The second-order valence-corrected chi connectivity index (χ2v) is 11.3. The molecular formula is C24H37N3O7S. The molecule has 0 radical (unpaired) electrons. The third kappa shape index (κ3) is 7.08. The maximum atomic E-state index is 13.5. The van der Waals surface area contributed by atoms with Crippen molar-refractivity contribution in [2.24, 2.45) is 11.8 Å². The molecule has 35 heavy (non-hydrogen) atoms. The molecule has 1 saturated heterocycles. The van der Waals surface area contributed by atoms with Crippen molar-refractivity contribution in [3.05, 3.63) is 23.8 Å². The van der Waals surface area contributed by atoms with Gasteiger partial charge in [0.1, 0.15) is 12.4 Å². The highest BCUT2D eigenvalue weighted by Gasteiger charge is 2.33. The Bertz CT molecular complexity index is 1010. The smallest absolute Gasteiger partial charge is 0.257 e. The first-order chi connectivity index (χ1) is 16.5. The summed E-state index contributed by atoms with van der Waals surface area (Å²) in [6, 6.07) is 4.30. The van der Waals surface area contributed by atoms with Crippen LogP contribution in [-0.4, -0.2) is 95.5 Å². The van der Waals surface area contributed by atoms with Gasteiger partial charge in [-0.15, -0.1) is 0 Å². The largest absolute Gasteiger partial charge is 0.491 e. The fourth-order valence-electron chi connectivity index (χ4n) is 4.54. The van der Waals surface area contributed by atoms with Crippen LogP contribution in [0.4, 0.5) is 5.69 Å². The number of anilines is 1. The third-order valence-corrected chi connectivity index (χ3v) is 7.21. The molecule has 1 fully saturated rings. The molecule has 3 rings (SSSR count). The number of carbonyl (C=O) groups is 2. The molecule has 0 aliphatic carbocycles. The Hall–Kier alpha value is -2.37. The molecule has 196 valence electrons. The number of ether oxygens (including phenoxy) is 3. The van der Waals surface area contributed by atoms with Crippen LogP contribution in [0.5, 0.6) is 5.75 Å². The van der Waals surface area contributed by atoms with Crippen molar-refractivity contribution < 1.29 is 32.2 Å². The zero-order valence-corrected chi connectivity index (χ0v) is 22.0. The summed E-state index contributed by atoms with van der Waals surface area (Å²) >= 11 is 0. The first-order valence-electron chi connectivity index (χ1n) is 11.9. The number of sulfonamides is 1. The van der Waals surface area contributed by atoms with Crippen LogP contribution in [0.2, 0.25) is 0 Å². The van der Waals surface area contributed by atoms with Gasteiger partial charge in [0.25, 0.3) is 5.91 Å². The van der Waals surface area contributed by atoms with Crippen molar-refractivity contribution in [3.8, 4) is 5.75 Å². The van der Waals surface area contributed by atoms with Crippen molar-refractivity contribution in [1.82, 2.24) is 9.80 Å². The molecule has 10 nitrogen and oxygen atoms in total. The zero-order chi connectivity index (χ0) is 25.8. The SMILES string of the molecule is CO[C@@H]1CN(C)C(=O)c2ccc(NS(C)(=O)=O)cc2OC[C@H](C)N(C(=O)C2CCOCC2)C[C@@H]1C. The monoisotopic (exact) mass is 511 g/mol. The molecular weight excluding hydrogens is 474 g/mol. The topological polar surface area (TPSA) is 114 Å². The Morgan fingerprint density at radius 2 is 1.86 bits per heavy atom. The number of amides is 2. The molecule has 0 saturated carbocycles. The Morgan fingerprint density at radius 3 is 2.49 bits per heavy atom. The van der Waals surface area contributed by atoms with E-state index >= 15 is 0 Å². The maximum Gasteiger partial charge on any atom is 0.257 e. The lowest BCUT2D eigenvalue weighted by Crippen LogP contribution is -2.50. The average molecular weight is 512 g/mol. The standard InChI is InChI=1S/C24H37N3O7S/c1-16-13-27(23(28)18-8-10-33-11-9-18)17(2)15-34-21-12-19(25-35(5,30)31)6-7-20(21)24(29)26(3)14-22(16)32-4/h6-7,12,16-18,22,25H,8-11,13-15H2,1-5H3/t16-,17-,22+/m0/s1. The Kier molecular flexibility index (Phi) is 9.00. The van der Waals surface area contributed by atoms with Crippen LogP contribution in [-0.2, 0) is 24.3 Å². The van der Waals surface area contributed by atoms with Crippen molar-refractivity contribution in [3.63, 3.8) is 0 Å². The second kappa shape index (κ2) is 11.6. The van der Waals surface area contributed by atoms with Gasteiger partial charge >= 0.3 is 0 Å². The van der Waals surface area contributed by atoms with E-state index in [4.69, 9.17) is 14.2 Å². The van der Waals surface area contributed by atoms with Gasteiger partial charge in [-0.25, -0.2) is 8.42 Å². The van der Waals surface area contributed by atoms with Crippen LogP contribution >= 0.6 is 0 Å². The number of methoxy groups -OCH3 is 1. The molecule has 2 aliphatic rings. The van der Waals surface area contributed by atoms with Crippen molar-refractivity contribution in [2.75, 3.05) is 58.0 Å². The number of carbonyl (C=O) groups excluding carboxylic acids is 2. The highest BCUT2D eigenvalue weighted by molar-refractivity contribution is 7.92. The van der Waals surface area contributed by atoms with E-state index in [1.54, 1.807) is 25.1 Å². The number of nitrogens with zero attached hydrogens (tertiary/aromatic N) is 2. The van der Waals surface area contributed by atoms with Gasteiger partial charge in [0.2, 0.25) is 15.9 Å². The average Bonchev–Trinajstić information content (AvgIpc) is 2.82. The molecule has 0 spiro atoms. The van der Waals surface area contributed by atoms with Gasteiger partial charge < -0.3 is 24.0 Å². The van der Waals surface area contributed by atoms with Crippen molar-refractivity contribution >= 4 is 27.5 Å². The Labute approximate surface area is 207 Å². The lowest BCUT2D eigenvalue weighted by Gasteiger charge is -2.38. The first-order valence-corrected chi connectivity index (χ1v) is 13.8. The number of fused-ring (bicyclic) bond motifs is 1. The summed E-state index contributed by atoms with van der Waals surface area (Å²) in [4.78, 5) is 30.2. The van der Waals surface area contributed by atoms with Gasteiger partial charge in [-0.2, -0.15) is 0 Å². The van der Waals surface area contributed by atoms with E-state index in [-0.39, 0.29) is 48.2 Å². The molecule has 1 N–H and O–H groups in total. The number of hydrogen-bond donors (Lipinski definition) is 1. The molecule has 11 heteroatoms. The van der Waals surface area contributed by atoms with Crippen molar-refractivity contribution in [1.29, 1.82) is 0 Å². The van der Waals surface area contributed by atoms with E-state index in [0.717, 1.165) is 6.26 Å². The van der Waals surface area contributed by atoms with Crippen molar-refractivity contribution in [2.45, 2.75) is 38.8 Å². The quantitative estimate of drug-likeness (QED) is 0.656. The van der Waals surface area contributed by atoms with E-state index < -0.39 is 10.0 Å². The summed E-state index contributed by atoms with van der Waals surface area (Å²) in [5, 5.41) is 0. The molecule has 1 aromatic carbocycles. The number of benzene rings is 1. The summed E-state index contributed by atoms with van der Waals surface area (Å²) in [7, 11) is -0.211. The van der Waals surface area contributed by atoms with E-state index in [2.05, 4.69) is 4.72 Å². The fraction of sp³-hybridized carbons (Fsp3) is 0.667. The van der Waals surface area contributed by atoms with E-state index in [1.165, 1.54) is 12.1 Å². The van der Waals surface area contributed by atoms with Crippen LogP contribution in [0.3, 0.4) is 0 Å². The molecule has 0 unspecified atom stereocenters. The number of hydrogen-bond acceptors (Lipinski definition) is 7. The summed E-state index contributed by atoms with van der Waals surface area (Å²) in [6.45, 7) is 6.02. The van der Waals surface area contributed by atoms with Gasteiger partial charge in [-0.3, -0.25) is 14.3 Å². The van der Waals surface area contributed by atoms with Gasteiger partial charge in [0.15, 0.2) is 0 Å². The van der Waals surface area contributed by atoms with Gasteiger partial charge in [0, 0.05) is 58.4 Å². The summed E-state index contributed by atoms with van der Waals surface area (Å²) in [6.07, 6.45) is 2.15. The summed E-state index contributed by atoms with van der Waals surface area (Å²) < 4.78 is 43.1. The predicted octanol–water partition coefficient (Wildman–Crippen LogP) is 1.82. The van der Waals surface area contributed by atoms with Crippen LogP contribution in [0, 0.1) is 11.8 Å². The van der Waals surface area contributed by atoms with Gasteiger partial charge in [-0.05, 0) is 31.9 Å². The summed E-state index contributed by atoms with van der Waals surface area (Å²) in [5.41, 5.74) is 0.601. The number of rotatable bonds is 4. The zero-order valence-electron chi connectivity index (χ0n) is 21.2. The first kappa shape index (κ1) is 27.2. The fourth-order valence-corrected chi connectivity index (χ4v) is 5.09. The number of likely N-dealkylation sites (N-methyl/N-ethyl adjacent to an activating group) is 1. The predicted molar refractivity (Wildman–Crippen MR) is 132 cm³/mol. The van der Waals surface area contributed by atoms with Crippen LogP contribution in [0.15, 0.2) is 18.2 Å². The number of nitrogens with one attached hydrogen (secondary N) is 1. The minimum Gasteiger partial charge on any atom is -0.491 e. The van der Waals surface area contributed by atoms with E-state index in [9.17, 15) is 18.0 Å². The van der Waals surface area contributed by atoms with Crippen LogP contribution in [0.1, 0.15) is 37.0 Å². The minimum absolute atomic E-state index is 0.0262. The molecule has 0 aromatic heterocycles. The normalized spacial score (nSPS) is 25.2. The van der Waals surface area contributed by atoms with Gasteiger partial charge in [0.05, 0.1) is 29.7 Å². The molecule has 2 amide bonds. The lowest BCUT2D eigenvalue weighted by molar-refractivity contribution is -0.142. The molecule has 3 atom stereocenters. The molecule has 0 bridgehead atoms. The maximum absolute atomic E-state index is 13.5. The van der Waals surface area contributed by atoms with E-state index in [1.807, 2.05) is 18.7 Å². The van der Waals surface area contributed by atoms with Crippen LogP contribution < -0.4 is 9.46 Å². The Balaban J connectivity index is 1.96. The lowest BCUT2D eigenvalue weighted by atomic mass is 9.95. The highest BCUT2D eigenvalue weighted by atomic mass is 32.2. The second-order valence-electron chi connectivity index (χ2n) is 9.56. The third-order valence-electron chi connectivity index (χ3n) is 6.60. The molecule has 1 aromatic rings. The minimum atomic E-state index is -3.51.